The minimum absolute atomic E-state index is 0.180. The number of nitrogens with one attached hydrogen (secondary N) is 2. The lowest BCUT2D eigenvalue weighted by molar-refractivity contribution is 0.0237. The average molecular weight is 365 g/mol. The van der Waals surface area contributed by atoms with E-state index >= 15 is 0 Å². The lowest BCUT2D eigenvalue weighted by Crippen LogP contribution is -2.51. The van der Waals surface area contributed by atoms with Crippen molar-refractivity contribution in [3.05, 3.63) is 35.9 Å². The second kappa shape index (κ2) is 9.40. The minimum Gasteiger partial charge on any atom is -0.444 e. The van der Waals surface area contributed by atoms with E-state index in [1.807, 2.05) is 51.1 Å². The fourth-order valence-electron chi connectivity index (χ4n) is 2.31. The van der Waals surface area contributed by atoms with Gasteiger partial charge in [0.05, 0.1) is 19.3 Å². The predicted molar refractivity (Wildman–Crippen MR) is 95.3 cm³/mol. The fraction of sp³-hybridized carbons (Fsp3) is 0.556. The number of carbonyl (C=O) groups is 2. The van der Waals surface area contributed by atoms with Crippen molar-refractivity contribution in [3.8, 4) is 0 Å². The van der Waals surface area contributed by atoms with Crippen LogP contribution in [0.2, 0.25) is 0 Å². The molecule has 2 N–H and O–H groups in total. The van der Waals surface area contributed by atoms with Gasteiger partial charge in [-0.05, 0) is 26.3 Å². The van der Waals surface area contributed by atoms with Gasteiger partial charge >= 0.3 is 12.2 Å². The summed E-state index contributed by atoms with van der Waals surface area (Å²) in [6.07, 6.45) is -0.997. The third-order valence-electron chi connectivity index (χ3n) is 3.51. The van der Waals surface area contributed by atoms with Gasteiger partial charge in [-0.15, -0.1) is 0 Å². The van der Waals surface area contributed by atoms with Crippen molar-refractivity contribution in [1.29, 1.82) is 0 Å². The van der Waals surface area contributed by atoms with Crippen LogP contribution in [0.1, 0.15) is 26.3 Å². The van der Waals surface area contributed by atoms with Crippen LogP contribution < -0.4 is 10.9 Å². The van der Waals surface area contributed by atoms with Crippen LogP contribution in [-0.2, 0) is 20.8 Å². The maximum Gasteiger partial charge on any atom is 0.421 e. The highest BCUT2D eigenvalue weighted by atomic mass is 16.6. The topological polar surface area (TPSA) is 89.1 Å². The molecular formula is C18H27N3O5. The average Bonchev–Trinajstić information content (AvgIpc) is 2.83. The molecule has 0 saturated carbocycles. The number of carbonyl (C=O) groups excluding carboxylic acids is 2. The Labute approximate surface area is 153 Å². The quantitative estimate of drug-likeness (QED) is 0.794. The van der Waals surface area contributed by atoms with Gasteiger partial charge in [-0.25, -0.2) is 15.0 Å². The molecule has 8 nitrogen and oxygen atoms in total. The Balaban J connectivity index is 1.76. The lowest BCUT2D eigenvalue weighted by atomic mass is 10.2. The summed E-state index contributed by atoms with van der Waals surface area (Å²) in [5, 5.41) is 0. The second-order valence-corrected chi connectivity index (χ2v) is 7.03. The zero-order chi connectivity index (χ0) is 19.0. The molecule has 144 valence electrons. The van der Waals surface area contributed by atoms with E-state index in [0.29, 0.717) is 26.3 Å². The molecule has 1 aliphatic heterocycles. The maximum atomic E-state index is 12.2. The Morgan fingerprint density at radius 1 is 1.27 bits per heavy atom. The van der Waals surface area contributed by atoms with Gasteiger partial charge in [-0.3, -0.25) is 5.43 Å². The smallest absolute Gasteiger partial charge is 0.421 e. The Bertz CT molecular complexity index is 588. The third kappa shape index (κ3) is 7.28. The van der Waals surface area contributed by atoms with Gasteiger partial charge in [0, 0.05) is 13.1 Å². The van der Waals surface area contributed by atoms with Gasteiger partial charge in [0.15, 0.2) is 0 Å². The molecule has 8 heteroatoms. The first-order chi connectivity index (χ1) is 12.3. The van der Waals surface area contributed by atoms with Gasteiger partial charge in [0.2, 0.25) is 0 Å². The number of hydrogen-bond donors (Lipinski definition) is 2. The van der Waals surface area contributed by atoms with Crippen LogP contribution in [-0.4, -0.2) is 55.0 Å². The third-order valence-corrected chi connectivity index (χ3v) is 3.51. The molecule has 0 bridgehead atoms. The number of amides is 2. The van der Waals surface area contributed by atoms with Crippen LogP contribution in [0.25, 0.3) is 0 Å². The summed E-state index contributed by atoms with van der Waals surface area (Å²) in [5.41, 5.74) is 5.67. The molecule has 26 heavy (non-hydrogen) atoms. The van der Waals surface area contributed by atoms with Crippen molar-refractivity contribution in [1.82, 2.24) is 15.8 Å². The van der Waals surface area contributed by atoms with E-state index in [0.717, 1.165) is 5.56 Å². The van der Waals surface area contributed by atoms with Crippen LogP contribution >= 0.6 is 0 Å². The van der Waals surface area contributed by atoms with Crippen molar-refractivity contribution in [2.75, 3.05) is 26.3 Å². The summed E-state index contributed by atoms with van der Waals surface area (Å²) >= 11 is 0. The zero-order valence-electron chi connectivity index (χ0n) is 15.5. The molecule has 0 aromatic heterocycles. The van der Waals surface area contributed by atoms with E-state index in [9.17, 15) is 9.59 Å². The van der Waals surface area contributed by atoms with Crippen molar-refractivity contribution in [2.45, 2.75) is 39.0 Å². The molecule has 2 rings (SSSR count). The number of rotatable bonds is 4. The summed E-state index contributed by atoms with van der Waals surface area (Å²) in [6.45, 7) is 7.20. The van der Waals surface area contributed by atoms with E-state index in [4.69, 9.17) is 14.2 Å². The van der Waals surface area contributed by atoms with Gasteiger partial charge in [-0.1, -0.05) is 30.3 Å². The van der Waals surface area contributed by atoms with Gasteiger partial charge in [0.25, 0.3) is 0 Å². The highest BCUT2D eigenvalue weighted by Gasteiger charge is 2.27. The molecule has 0 spiro atoms. The molecular weight excluding hydrogens is 338 g/mol. The Hall–Kier alpha value is -2.32. The van der Waals surface area contributed by atoms with Crippen molar-refractivity contribution in [3.63, 3.8) is 0 Å². The second-order valence-electron chi connectivity index (χ2n) is 7.03. The number of benzene rings is 1. The molecule has 0 aliphatic carbocycles. The van der Waals surface area contributed by atoms with Crippen LogP contribution in [0.15, 0.2) is 30.3 Å². The Kier molecular flexibility index (Phi) is 7.23. The van der Waals surface area contributed by atoms with Crippen molar-refractivity contribution >= 4 is 12.2 Å². The van der Waals surface area contributed by atoms with Crippen molar-refractivity contribution in [2.24, 2.45) is 0 Å². The molecule has 0 radical (unpaired) electrons. The molecule has 1 fully saturated rings. The molecule has 1 saturated heterocycles. The largest absolute Gasteiger partial charge is 0.444 e. The molecule has 2 amide bonds. The normalized spacial score (nSPS) is 18.0. The zero-order valence-corrected chi connectivity index (χ0v) is 15.5. The predicted octanol–water partition coefficient (Wildman–Crippen LogP) is 2.05. The summed E-state index contributed by atoms with van der Waals surface area (Å²) in [6, 6.07) is 9.13. The van der Waals surface area contributed by atoms with E-state index in [1.165, 1.54) is 0 Å². The van der Waals surface area contributed by atoms with Crippen LogP contribution in [0.3, 0.4) is 0 Å². The van der Waals surface area contributed by atoms with Gasteiger partial charge in [-0.2, -0.15) is 0 Å². The Morgan fingerprint density at radius 2 is 2.00 bits per heavy atom. The van der Waals surface area contributed by atoms with Crippen LogP contribution in [0.4, 0.5) is 9.59 Å². The molecule has 1 unspecified atom stereocenters. The number of ether oxygens (including phenoxy) is 3. The summed E-state index contributed by atoms with van der Waals surface area (Å²) < 4.78 is 16.0. The number of hydrogen-bond acceptors (Lipinski definition) is 6. The first kappa shape index (κ1) is 20.0. The van der Waals surface area contributed by atoms with Crippen LogP contribution in [0.5, 0.6) is 0 Å². The maximum absolute atomic E-state index is 12.2. The number of hydrazine groups is 1. The van der Waals surface area contributed by atoms with Crippen molar-refractivity contribution < 1.29 is 23.8 Å². The minimum atomic E-state index is -0.595. The summed E-state index contributed by atoms with van der Waals surface area (Å²) in [5.74, 6) is 0. The molecule has 1 heterocycles. The van der Waals surface area contributed by atoms with Crippen LogP contribution in [0, 0.1) is 0 Å². The summed E-state index contributed by atoms with van der Waals surface area (Å²) in [4.78, 5) is 25.6. The number of nitrogens with zero attached hydrogens (tertiary/aromatic N) is 1. The van der Waals surface area contributed by atoms with E-state index in [1.54, 1.807) is 4.90 Å². The molecule has 1 aromatic carbocycles. The molecule has 1 aromatic rings. The standard InChI is InChI=1S/C18H27N3O5/c1-18(2,3)26-17(23)21-9-10-24-13-15(11-21)19-20-16(22)25-12-14-7-5-4-6-8-14/h4-8,15,19H,9-13H2,1-3H3,(H,20,22). The van der Waals surface area contributed by atoms with E-state index in [-0.39, 0.29) is 12.6 Å². The first-order valence-corrected chi connectivity index (χ1v) is 8.61. The highest BCUT2D eigenvalue weighted by molar-refractivity contribution is 5.68. The Morgan fingerprint density at radius 3 is 2.69 bits per heavy atom. The molecule has 1 aliphatic rings. The highest BCUT2D eigenvalue weighted by Crippen LogP contribution is 2.11. The first-order valence-electron chi connectivity index (χ1n) is 8.61. The SMILES string of the molecule is CC(C)(C)OC(=O)N1CCOCC(NNC(=O)OCc2ccccc2)C1. The fourth-order valence-corrected chi connectivity index (χ4v) is 2.31. The monoisotopic (exact) mass is 365 g/mol. The molecule has 1 atom stereocenters. The van der Waals surface area contributed by atoms with Gasteiger partial charge < -0.3 is 19.1 Å². The van der Waals surface area contributed by atoms with E-state index < -0.39 is 17.8 Å². The van der Waals surface area contributed by atoms with E-state index in [2.05, 4.69) is 10.9 Å². The summed E-state index contributed by atoms with van der Waals surface area (Å²) in [7, 11) is 0. The van der Waals surface area contributed by atoms with Gasteiger partial charge in [0.1, 0.15) is 12.2 Å². The lowest BCUT2D eigenvalue weighted by Gasteiger charge is -2.28.